The third kappa shape index (κ3) is 4.19. The molecule has 0 bridgehead atoms. The number of piperazine rings is 1. The summed E-state index contributed by atoms with van der Waals surface area (Å²) in [5, 5.41) is 3.43. The summed E-state index contributed by atoms with van der Waals surface area (Å²) >= 11 is 0. The number of fused-ring (bicyclic) bond motifs is 1. The highest BCUT2D eigenvalue weighted by atomic mass is 35.5. The van der Waals surface area contributed by atoms with Crippen molar-refractivity contribution >= 4 is 24.8 Å². The molecule has 1 aromatic carbocycles. The standard InChI is InChI=1S/C16H24N2O2.2ClH/c1-2-3-6-14(18-10-8-17-9-11-18)13-5-4-7-15-16(13)20-12-19-15;;/h4-5,7,14,17H,2-3,6,8-12H2,1H3;2*1H/t14-;;/m0../s1. The number of hydrogen-bond donors (Lipinski definition) is 1. The molecule has 22 heavy (non-hydrogen) atoms. The molecule has 126 valence electrons. The van der Waals surface area contributed by atoms with E-state index in [9.17, 15) is 0 Å². The van der Waals surface area contributed by atoms with E-state index in [2.05, 4.69) is 29.3 Å². The van der Waals surface area contributed by atoms with Crippen LogP contribution in [0.5, 0.6) is 11.5 Å². The van der Waals surface area contributed by atoms with E-state index in [1.165, 1.54) is 24.8 Å². The van der Waals surface area contributed by atoms with E-state index in [-0.39, 0.29) is 24.8 Å². The molecule has 1 saturated heterocycles. The third-order valence-electron chi connectivity index (χ3n) is 4.21. The molecule has 3 rings (SSSR count). The zero-order chi connectivity index (χ0) is 13.8. The Morgan fingerprint density at radius 3 is 2.68 bits per heavy atom. The highest BCUT2D eigenvalue weighted by Crippen LogP contribution is 2.41. The molecule has 4 nitrogen and oxygen atoms in total. The van der Waals surface area contributed by atoms with Crippen LogP contribution >= 0.6 is 24.8 Å². The van der Waals surface area contributed by atoms with Crippen molar-refractivity contribution in [2.75, 3.05) is 33.0 Å². The Balaban J connectivity index is 0.00000121. The molecule has 1 N–H and O–H groups in total. The van der Waals surface area contributed by atoms with Gasteiger partial charge in [0.25, 0.3) is 0 Å². The molecule has 2 aliphatic rings. The van der Waals surface area contributed by atoms with Gasteiger partial charge in [0, 0.05) is 37.8 Å². The van der Waals surface area contributed by atoms with E-state index in [1.54, 1.807) is 0 Å². The molecule has 2 aliphatic heterocycles. The van der Waals surface area contributed by atoms with Crippen LogP contribution in [0.4, 0.5) is 0 Å². The van der Waals surface area contributed by atoms with Gasteiger partial charge < -0.3 is 14.8 Å². The monoisotopic (exact) mass is 348 g/mol. The maximum Gasteiger partial charge on any atom is 0.231 e. The van der Waals surface area contributed by atoms with Crippen molar-refractivity contribution in [1.29, 1.82) is 0 Å². The number of halogens is 2. The van der Waals surface area contributed by atoms with Crippen LogP contribution in [0.25, 0.3) is 0 Å². The molecule has 6 heteroatoms. The van der Waals surface area contributed by atoms with E-state index in [0.29, 0.717) is 12.8 Å². The fourth-order valence-electron chi connectivity index (χ4n) is 3.14. The smallest absolute Gasteiger partial charge is 0.231 e. The average molecular weight is 349 g/mol. The van der Waals surface area contributed by atoms with Gasteiger partial charge in [-0.05, 0) is 12.5 Å². The van der Waals surface area contributed by atoms with Gasteiger partial charge >= 0.3 is 0 Å². The molecule has 0 spiro atoms. The van der Waals surface area contributed by atoms with E-state index in [0.717, 1.165) is 37.7 Å². The Kier molecular flexibility index (Phi) is 8.33. The van der Waals surface area contributed by atoms with Crippen LogP contribution in [0.2, 0.25) is 0 Å². The Bertz CT molecular complexity index is 454. The van der Waals surface area contributed by atoms with Gasteiger partial charge in [-0.15, -0.1) is 24.8 Å². The summed E-state index contributed by atoms with van der Waals surface area (Å²) in [6.45, 7) is 6.99. The summed E-state index contributed by atoms with van der Waals surface area (Å²) in [7, 11) is 0. The number of hydrogen-bond acceptors (Lipinski definition) is 4. The zero-order valence-electron chi connectivity index (χ0n) is 13.0. The predicted molar refractivity (Wildman–Crippen MR) is 93.8 cm³/mol. The first-order valence-corrected chi connectivity index (χ1v) is 7.73. The second-order valence-electron chi connectivity index (χ2n) is 5.53. The van der Waals surface area contributed by atoms with Gasteiger partial charge in [0.05, 0.1) is 0 Å². The number of rotatable bonds is 5. The maximum atomic E-state index is 5.72. The minimum Gasteiger partial charge on any atom is -0.454 e. The minimum absolute atomic E-state index is 0. The molecular formula is C16H26Cl2N2O2. The molecule has 2 heterocycles. The maximum absolute atomic E-state index is 5.72. The minimum atomic E-state index is 0. The molecule has 0 amide bonds. The van der Waals surface area contributed by atoms with Crippen molar-refractivity contribution in [3.8, 4) is 11.5 Å². The van der Waals surface area contributed by atoms with Crippen molar-refractivity contribution in [3.63, 3.8) is 0 Å². The Morgan fingerprint density at radius 1 is 1.18 bits per heavy atom. The Hall–Kier alpha value is -0.680. The number of nitrogens with zero attached hydrogens (tertiary/aromatic N) is 1. The number of nitrogens with one attached hydrogen (secondary N) is 1. The summed E-state index contributed by atoms with van der Waals surface area (Å²) in [6, 6.07) is 6.74. The molecule has 1 atom stereocenters. The molecule has 1 fully saturated rings. The van der Waals surface area contributed by atoms with Crippen LogP contribution in [0, 0.1) is 0 Å². The number of para-hydroxylation sites is 1. The normalized spacial score (nSPS) is 18.2. The summed E-state index contributed by atoms with van der Waals surface area (Å²) in [6.07, 6.45) is 3.67. The van der Waals surface area contributed by atoms with E-state index >= 15 is 0 Å². The third-order valence-corrected chi connectivity index (χ3v) is 4.21. The van der Waals surface area contributed by atoms with Gasteiger partial charge in [-0.1, -0.05) is 31.9 Å². The zero-order valence-corrected chi connectivity index (χ0v) is 14.7. The lowest BCUT2D eigenvalue weighted by atomic mass is 9.97. The molecular weight excluding hydrogens is 323 g/mol. The largest absolute Gasteiger partial charge is 0.454 e. The molecule has 0 radical (unpaired) electrons. The molecule has 0 saturated carbocycles. The SMILES string of the molecule is CCCC[C@@H](c1cccc2c1OCO2)N1CCNCC1.Cl.Cl. The highest BCUT2D eigenvalue weighted by molar-refractivity contribution is 5.85. The van der Waals surface area contributed by atoms with Gasteiger partial charge in [0.2, 0.25) is 6.79 Å². The molecule has 0 aromatic heterocycles. The first-order chi connectivity index (χ1) is 9.90. The Labute approximate surface area is 145 Å². The van der Waals surface area contributed by atoms with Gasteiger partial charge in [-0.2, -0.15) is 0 Å². The predicted octanol–water partition coefficient (Wildman–Crippen LogP) is 3.40. The number of ether oxygens (including phenoxy) is 2. The highest BCUT2D eigenvalue weighted by Gasteiger charge is 2.27. The average Bonchev–Trinajstić information content (AvgIpc) is 2.98. The topological polar surface area (TPSA) is 33.7 Å². The van der Waals surface area contributed by atoms with Crippen molar-refractivity contribution in [3.05, 3.63) is 23.8 Å². The lowest BCUT2D eigenvalue weighted by molar-refractivity contribution is 0.152. The van der Waals surface area contributed by atoms with Gasteiger partial charge in [-0.3, -0.25) is 4.90 Å². The van der Waals surface area contributed by atoms with Crippen molar-refractivity contribution in [2.24, 2.45) is 0 Å². The summed E-state index contributed by atoms with van der Waals surface area (Å²) in [5.74, 6) is 1.87. The van der Waals surface area contributed by atoms with E-state index in [1.807, 2.05) is 6.07 Å². The summed E-state index contributed by atoms with van der Waals surface area (Å²) in [5.41, 5.74) is 1.30. The molecule has 0 unspecified atom stereocenters. The Morgan fingerprint density at radius 2 is 1.95 bits per heavy atom. The van der Waals surface area contributed by atoms with Gasteiger partial charge in [0.1, 0.15) is 0 Å². The molecule has 0 aliphatic carbocycles. The van der Waals surface area contributed by atoms with Crippen LogP contribution in [0.3, 0.4) is 0 Å². The lowest BCUT2D eigenvalue weighted by Crippen LogP contribution is -2.45. The van der Waals surface area contributed by atoms with Crippen LogP contribution < -0.4 is 14.8 Å². The van der Waals surface area contributed by atoms with Crippen LogP contribution in [0.15, 0.2) is 18.2 Å². The quantitative estimate of drug-likeness (QED) is 0.884. The number of unbranched alkanes of at least 4 members (excludes halogenated alkanes) is 1. The first kappa shape index (κ1) is 19.4. The van der Waals surface area contributed by atoms with E-state index < -0.39 is 0 Å². The summed E-state index contributed by atoms with van der Waals surface area (Å²) in [4.78, 5) is 2.59. The van der Waals surface area contributed by atoms with Crippen LogP contribution in [0.1, 0.15) is 37.8 Å². The van der Waals surface area contributed by atoms with Crippen molar-refractivity contribution < 1.29 is 9.47 Å². The second-order valence-corrected chi connectivity index (χ2v) is 5.53. The van der Waals surface area contributed by atoms with E-state index in [4.69, 9.17) is 9.47 Å². The van der Waals surface area contributed by atoms with Gasteiger partial charge in [0.15, 0.2) is 11.5 Å². The summed E-state index contributed by atoms with van der Waals surface area (Å²) < 4.78 is 11.2. The fraction of sp³-hybridized carbons (Fsp3) is 0.625. The lowest BCUT2D eigenvalue weighted by Gasteiger charge is -2.35. The molecule has 1 aromatic rings. The van der Waals surface area contributed by atoms with Crippen molar-refractivity contribution in [1.82, 2.24) is 10.2 Å². The first-order valence-electron chi connectivity index (χ1n) is 7.73. The van der Waals surface area contributed by atoms with Crippen LogP contribution in [-0.4, -0.2) is 37.9 Å². The number of benzene rings is 1. The van der Waals surface area contributed by atoms with Crippen molar-refractivity contribution in [2.45, 2.75) is 32.2 Å². The fourth-order valence-corrected chi connectivity index (χ4v) is 3.14. The van der Waals surface area contributed by atoms with Crippen LogP contribution in [-0.2, 0) is 0 Å². The van der Waals surface area contributed by atoms with Gasteiger partial charge in [-0.25, -0.2) is 0 Å². The second kappa shape index (κ2) is 9.46.